The maximum absolute atomic E-state index is 3.40. The summed E-state index contributed by atoms with van der Waals surface area (Å²) in [6.45, 7) is 4.65. The molecule has 2 heteroatoms. The standard InChI is InChI=1S/C17H26N2/c1-13-5-3-6-14(11-13)17-15(12-18-2)7-4-10-19(17)16-8-9-16/h3,5-6,11,15-18H,4,7-10,12H2,1-2H3. The molecule has 1 aliphatic carbocycles. The largest absolute Gasteiger partial charge is 0.319 e. The monoisotopic (exact) mass is 258 g/mol. The van der Waals surface area contributed by atoms with E-state index in [9.17, 15) is 0 Å². The number of nitrogens with zero attached hydrogens (tertiary/aromatic N) is 1. The molecule has 1 saturated heterocycles. The van der Waals surface area contributed by atoms with Gasteiger partial charge in [-0.25, -0.2) is 0 Å². The Morgan fingerprint density at radius 3 is 2.79 bits per heavy atom. The van der Waals surface area contributed by atoms with Crippen LogP contribution in [0.5, 0.6) is 0 Å². The zero-order valence-electron chi connectivity index (χ0n) is 12.2. The predicted molar refractivity (Wildman–Crippen MR) is 80.3 cm³/mol. The van der Waals surface area contributed by atoms with E-state index in [4.69, 9.17) is 0 Å². The van der Waals surface area contributed by atoms with Crippen LogP contribution in [-0.4, -0.2) is 31.1 Å². The van der Waals surface area contributed by atoms with Crippen molar-refractivity contribution in [3.05, 3.63) is 35.4 Å². The molecule has 1 aromatic rings. The van der Waals surface area contributed by atoms with E-state index in [0.717, 1.165) is 18.5 Å². The lowest BCUT2D eigenvalue weighted by Crippen LogP contribution is -2.43. The molecule has 2 unspecified atom stereocenters. The van der Waals surface area contributed by atoms with Crippen LogP contribution in [0, 0.1) is 12.8 Å². The molecule has 1 heterocycles. The zero-order valence-corrected chi connectivity index (χ0v) is 12.2. The van der Waals surface area contributed by atoms with Crippen molar-refractivity contribution in [2.75, 3.05) is 20.1 Å². The topological polar surface area (TPSA) is 15.3 Å². The first-order valence-electron chi connectivity index (χ1n) is 7.76. The molecule has 1 N–H and O–H groups in total. The minimum absolute atomic E-state index is 0.633. The molecule has 0 bridgehead atoms. The Morgan fingerprint density at radius 2 is 2.11 bits per heavy atom. The quantitative estimate of drug-likeness (QED) is 0.892. The van der Waals surface area contributed by atoms with Gasteiger partial charge in [-0.2, -0.15) is 0 Å². The minimum Gasteiger partial charge on any atom is -0.319 e. The van der Waals surface area contributed by atoms with Crippen molar-refractivity contribution in [3.63, 3.8) is 0 Å². The van der Waals surface area contributed by atoms with Gasteiger partial charge in [0.2, 0.25) is 0 Å². The summed E-state index contributed by atoms with van der Waals surface area (Å²) in [5, 5.41) is 3.40. The summed E-state index contributed by atoms with van der Waals surface area (Å²) in [4.78, 5) is 2.79. The number of nitrogens with one attached hydrogen (secondary N) is 1. The molecule has 3 rings (SSSR count). The van der Waals surface area contributed by atoms with Crippen LogP contribution in [0.2, 0.25) is 0 Å². The van der Waals surface area contributed by atoms with E-state index in [1.54, 1.807) is 0 Å². The second-order valence-electron chi connectivity index (χ2n) is 6.29. The summed E-state index contributed by atoms with van der Waals surface area (Å²) < 4.78 is 0. The van der Waals surface area contributed by atoms with Gasteiger partial charge in [-0.3, -0.25) is 4.90 Å². The van der Waals surface area contributed by atoms with Crippen LogP contribution in [0.1, 0.15) is 42.9 Å². The molecule has 1 aromatic carbocycles. The molecule has 2 atom stereocenters. The first-order chi connectivity index (χ1) is 9.29. The van der Waals surface area contributed by atoms with E-state index in [1.165, 1.54) is 43.4 Å². The Hall–Kier alpha value is -0.860. The van der Waals surface area contributed by atoms with Gasteiger partial charge in [-0.05, 0) is 64.2 Å². The third-order valence-corrected chi connectivity index (χ3v) is 4.66. The van der Waals surface area contributed by atoms with Crippen molar-refractivity contribution < 1.29 is 0 Å². The van der Waals surface area contributed by atoms with Crippen LogP contribution < -0.4 is 5.32 Å². The molecular formula is C17H26N2. The molecule has 0 aromatic heterocycles. The van der Waals surface area contributed by atoms with Crippen molar-refractivity contribution in [1.29, 1.82) is 0 Å². The van der Waals surface area contributed by atoms with Gasteiger partial charge in [0.05, 0.1) is 0 Å². The van der Waals surface area contributed by atoms with E-state index in [0.29, 0.717) is 6.04 Å². The summed E-state index contributed by atoms with van der Waals surface area (Å²) in [6, 6.07) is 10.7. The number of likely N-dealkylation sites (tertiary alicyclic amines) is 1. The van der Waals surface area contributed by atoms with Crippen molar-refractivity contribution >= 4 is 0 Å². The van der Waals surface area contributed by atoms with Gasteiger partial charge in [-0.15, -0.1) is 0 Å². The normalized spacial score (nSPS) is 28.5. The average Bonchev–Trinajstić information content (AvgIpc) is 3.23. The van der Waals surface area contributed by atoms with E-state index in [1.807, 2.05) is 0 Å². The van der Waals surface area contributed by atoms with Gasteiger partial charge in [0.15, 0.2) is 0 Å². The Kier molecular flexibility index (Phi) is 3.90. The molecular weight excluding hydrogens is 232 g/mol. The SMILES string of the molecule is CNCC1CCCN(C2CC2)C1c1cccc(C)c1. The van der Waals surface area contributed by atoms with Crippen molar-refractivity contribution in [2.45, 2.75) is 44.7 Å². The fourth-order valence-corrected chi connectivity index (χ4v) is 3.71. The Balaban J connectivity index is 1.89. The summed E-state index contributed by atoms with van der Waals surface area (Å²) in [5.41, 5.74) is 2.92. The average molecular weight is 258 g/mol. The van der Waals surface area contributed by atoms with Gasteiger partial charge in [-0.1, -0.05) is 29.8 Å². The number of hydrogen-bond donors (Lipinski definition) is 1. The zero-order chi connectivity index (χ0) is 13.2. The second kappa shape index (κ2) is 5.64. The molecule has 2 fully saturated rings. The molecule has 0 spiro atoms. The highest BCUT2D eigenvalue weighted by Crippen LogP contribution is 2.42. The maximum Gasteiger partial charge on any atom is 0.0391 e. The van der Waals surface area contributed by atoms with Crippen molar-refractivity contribution in [2.24, 2.45) is 5.92 Å². The maximum atomic E-state index is 3.40. The van der Waals surface area contributed by atoms with Crippen molar-refractivity contribution in [3.8, 4) is 0 Å². The van der Waals surface area contributed by atoms with Gasteiger partial charge in [0, 0.05) is 12.1 Å². The Bertz CT molecular complexity index is 423. The van der Waals surface area contributed by atoms with Gasteiger partial charge in [0.1, 0.15) is 0 Å². The lowest BCUT2D eigenvalue weighted by molar-refractivity contribution is 0.0845. The Labute approximate surface area is 117 Å². The smallest absolute Gasteiger partial charge is 0.0391 e. The van der Waals surface area contributed by atoms with Crippen LogP contribution in [-0.2, 0) is 0 Å². The van der Waals surface area contributed by atoms with Gasteiger partial charge in [0.25, 0.3) is 0 Å². The van der Waals surface area contributed by atoms with Crippen LogP contribution in [0.15, 0.2) is 24.3 Å². The highest BCUT2D eigenvalue weighted by Gasteiger charge is 2.40. The summed E-state index contributed by atoms with van der Waals surface area (Å²) in [6.07, 6.45) is 5.55. The molecule has 19 heavy (non-hydrogen) atoms. The van der Waals surface area contributed by atoms with E-state index >= 15 is 0 Å². The van der Waals surface area contributed by atoms with Gasteiger partial charge < -0.3 is 5.32 Å². The van der Waals surface area contributed by atoms with E-state index in [2.05, 4.69) is 48.5 Å². The summed E-state index contributed by atoms with van der Waals surface area (Å²) in [7, 11) is 2.09. The number of aryl methyl sites for hydroxylation is 1. The van der Waals surface area contributed by atoms with Crippen LogP contribution in [0.25, 0.3) is 0 Å². The third kappa shape index (κ3) is 2.85. The van der Waals surface area contributed by atoms with Crippen molar-refractivity contribution in [1.82, 2.24) is 10.2 Å². The molecule has 1 aliphatic heterocycles. The molecule has 2 aliphatic rings. The summed E-state index contributed by atoms with van der Waals surface area (Å²) in [5.74, 6) is 0.765. The molecule has 104 valence electrons. The molecule has 1 saturated carbocycles. The number of hydrogen-bond acceptors (Lipinski definition) is 2. The second-order valence-corrected chi connectivity index (χ2v) is 6.29. The van der Waals surface area contributed by atoms with E-state index in [-0.39, 0.29) is 0 Å². The number of benzene rings is 1. The fraction of sp³-hybridized carbons (Fsp3) is 0.647. The lowest BCUT2D eigenvalue weighted by Gasteiger charge is -2.42. The highest BCUT2D eigenvalue weighted by atomic mass is 15.2. The third-order valence-electron chi connectivity index (χ3n) is 4.66. The Morgan fingerprint density at radius 1 is 1.26 bits per heavy atom. The summed E-state index contributed by atoms with van der Waals surface area (Å²) >= 11 is 0. The molecule has 0 radical (unpaired) electrons. The first-order valence-corrected chi connectivity index (χ1v) is 7.76. The van der Waals surface area contributed by atoms with Gasteiger partial charge >= 0.3 is 0 Å². The lowest BCUT2D eigenvalue weighted by atomic mass is 9.84. The van der Waals surface area contributed by atoms with Crippen LogP contribution >= 0.6 is 0 Å². The highest BCUT2D eigenvalue weighted by molar-refractivity contribution is 5.26. The fourth-order valence-electron chi connectivity index (χ4n) is 3.71. The number of rotatable bonds is 4. The first kappa shape index (κ1) is 13.1. The van der Waals surface area contributed by atoms with Crippen LogP contribution in [0.4, 0.5) is 0 Å². The van der Waals surface area contributed by atoms with Crippen LogP contribution in [0.3, 0.4) is 0 Å². The predicted octanol–water partition coefficient (Wildman–Crippen LogP) is 3.13. The number of piperidine rings is 1. The van der Waals surface area contributed by atoms with E-state index < -0.39 is 0 Å². The minimum atomic E-state index is 0.633. The molecule has 0 amide bonds. The molecule has 2 nitrogen and oxygen atoms in total.